The summed E-state index contributed by atoms with van der Waals surface area (Å²) in [6.45, 7) is 3.93. The van der Waals surface area contributed by atoms with E-state index < -0.39 is 0 Å². The van der Waals surface area contributed by atoms with Gasteiger partial charge in [-0.3, -0.25) is 4.79 Å². The van der Waals surface area contributed by atoms with Crippen molar-refractivity contribution in [3.8, 4) is 5.75 Å². The van der Waals surface area contributed by atoms with Gasteiger partial charge in [0.15, 0.2) is 0 Å². The molecule has 1 aromatic heterocycles. The van der Waals surface area contributed by atoms with E-state index in [0.29, 0.717) is 6.04 Å². The summed E-state index contributed by atoms with van der Waals surface area (Å²) in [5.41, 5.74) is 3.75. The molecule has 0 aliphatic heterocycles. The van der Waals surface area contributed by atoms with Gasteiger partial charge in [0.05, 0.1) is 25.3 Å². The molecule has 3 rings (SSSR count). The maximum absolute atomic E-state index is 13.0. The lowest BCUT2D eigenvalue weighted by atomic mass is 10.0. The molecule has 1 aliphatic rings. The molecule has 1 atom stereocenters. The number of aliphatic hydroxyl groups excluding tert-OH is 1. The van der Waals surface area contributed by atoms with Gasteiger partial charge < -0.3 is 19.3 Å². The standard InChI is InChI=1S/C20H26N2O3/c1-13-11-18(14(2)22(13)16-7-8-16)20(24)21(3)19(12-23)15-5-9-17(25-4)10-6-15/h5-6,9-11,16,19,23H,7-8,12H2,1-4H3. The first-order chi connectivity index (χ1) is 12.0. The molecule has 0 radical (unpaired) electrons. The van der Waals surface area contributed by atoms with Gasteiger partial charge >= 0.3 is 0 Å². The van der Waals surface area contributed by atoms with Gasteiger partial charge in [-0.25, -0.2) is 0 Å². The molecule has 5 heteroatoms. The highest BCUT2D eigenvalue weighted by Gasteiger charge is 2.30. The average molecular weight is 342 g/mol. The Morgan fingerprint density at radius 3 is 2.48 bits per heavy atom. The van der Waals surface area contributed by atoms with Crippen molar-refractivity contribution in [3.05, 3.63) is 52.8 Å². The lowest BCUT2D eigenvalue weighted by Crippen LogP contribution is -2.33. The highest BCUT2D eigenvalue weighted by atomic mass is 16.5. The third kappa shape index (κ3) is 3.29. The number of nitrogens with zero attached hydrogens (tertiary/aromatic N) is 2. The molecule has 1 unspecified atom stereocenters. The fraction of sp³-hybridized carbons (Fsp3) is 0.450. The van der Waals surface area contributed by atoms with E-state index in [-0.39, 0.29) is 18.6 Å². The minimum Gasteiger partial charge on any atom is -0.497 e. The number of rotatable bonds is 6. The van der Waals surface area contributed by atoms with Gasteiger partial charge in [0.25, 0.3) is 5.91 Å². The second-order valence-electron chi connectivity index (χ2n) is 6.77. The van der Waals surface area contributed by atoms with Gasteiger partial charge in [0.1, 0.15) is 5.75 Å². The van der Waals surface area contributed by atoms with E-state index in [9.17, 15) is 9.90 Å². The second kappa shape index (κ2) is 6.92. The molecular formula is C20H26N2O3. The van der Waals surface area contributed by atoms with Gasteiger partial charge in [-0.1, -0.05) is 12.1 Å². The molecule has 134 valence electrons. The van der Waals surface area contributed by atoms with Crippen LogP contribution in [0.4, 0.5) is 0 Å². The number of amides is 1. The smallest absolute Gasteiger partial charge is 0.256 e. The fourth-order valence-electron chi connectivity index (χ4n) is 3.50. The van der Waals surface area contributed by atoms with Crippen molar-refractivity contribution in [2.45, 2.75) is 38.8 Å². The first-order valence-corrected chi connectivity index (χ1v) is 8.68. The first-order valence-electron chi connectivity index (χ1n) is 8.68. The van der Waals surface area contributed by atoms with Crippen molar-refractivity contribution in [1.82, 2.24) is 9.47 Å². The number of hydrogen-bond donors (Lipinski definition) is 1. The Bertz CT molecular complexity index is 760. The van der Waals surface area contributed by atoms with Crippen molar-refractivity contribution in [2.75, 3.05) is 20.8 Å². The number of likely N-dealkylation sites (N-methyl/N-ethyl adjacent to an activating group) is 1. The molecule has 1 fully saturated rings. The maximum atomic E-state index is 13.0. The normalized spacial score (nSPS) is 15.1. The van der Waals surface area contributed by atoms with Crippen LogP contribution in [-0.2, 0) is 0 Å². The average Bonchev–Trinajstić information content (AvgIpc) is 3.40. The summed E-state index contributed by atoms with van der Waals surface area (Å²) in [6.07, 6.45) is 2.37. The quantitative estimate of drug-likeness (QED) is 0.877. The van der Waals surface area contributed by atoms with Gasteiger partial charge in [-0.15, -0.1) is 0 Å². The highest BCUT2D eigenvalue weighted by Crippen LogP contribution is 2.38. The molecule has 1 saturated carbocycles. The number of carbonyl (C=O) groups excluding carboxylic acids is 1. The van der Waals surface area contributed by atoms with Gasteiger partial charge in [-0.05, 0) is 50.5 Å². The Labute approximate surface area is 148 Å². The summed E-state index contributed by atoms with van der Waals surface area (Å²) < 4.78 is 7.44. The van der Waals surface area contributed by atoms with Crippen LogP contribution >= 0.6 is 0 Å². The van der Waals surface area contributed by atoms with Crippen molar-refractivity contribution in [2.24, 2.45) is 0 Å². The summed E-state index contributed by atoms with van der Waals surface area (Å²) in [5, 5.41) is 9.87. The zero-order valence-electron chi connectivity index (χ0n) is 15.3. The van der Waals surface area contributed by atoms with Crippen LogP contribution in [0.25, 0.3) is 0 Å². The van der Waals surface area contributed by atoms with Gasteiger partial charge in [0, 0.05) is 24.5 Å². The van der Waals surface area contributed by atoms with E-state index in [2.05, 4.69) is 11.5 Å². The predicted octanol–water partition coefficient (Wildman–Crippen LogP) is 3.25. The minimum atomic E-state index is -0.387. The summed E-state index contributed by atoms with van der Waals surface area (Å²) in [7, 11) is 3.36. The lowest BCUT2D eigenvalue weighted by molar-refractivity contribution is 0.0657. The van der Waals surface area contributed by atoms with Crippen LogP contribution in [0.15, 0.2) is 30.3 Å². The molecule has 1 amide bonds. The molecule has 0 bridgehead atoms. The van der Waals surface area contributed by atoms with Crippen molar-refractivity contribution >= 4 is 5.91 Å². The summed E-state index contributed by atoms with van der Waals surface area (Å²) in [4.78, 5) is 14.7. The van der Waals surface area contributed by atoms with E-state index in [1.165, 1.54) is 12.8 Å². The van der Waals surface area contributed by atoms with E-state index in [4.69, 9.17) is 4.74 Å². The van der Waals surface area contributed by atoms with Crippen molar-refractivity contribution in [1.29, 1.82) is 0 Å². The van der Waals surface area contributed by atoms with Gasteiger partial charge in [0.2, 0.25) is 0 Å². The molecule has 1 heterocycles. The summed E-state index contributed by atoms with van der Waals surface area (Å²) in [6, 6.07) is 9.58. The number of aryl methyl sites for hydroxylation is 1. The van der Waals surface area contributed by atoms with Gasteiger partial charge in [-0.2, -0.15) is 0 Å². The van der Waals surface area contributed by atoms with E-state index in [1.54, 1.807) is 19.1 Å². The van der Waals surface area contributed by atoms with Crippen LogP contribution in [0.3, 0.4) is 0 Å². The highest BCUT2D eigenvalue weighted by molar-refractivity contribution is 5.96. The van der Waals surface area contributed by atoms with E-state index in [0.717, 1.165) is 28.3 Å². The molecule has 25 heavy (non-hydrogen) atoms. The van der Waals surface area contributed by atoms with Crippen LogP contribution in [0, 0.1) is 13.8 Å². The molecule has 5 nitrogen and oxygen atoms in total. The summed E-state index contributed by atoms with van der Waals surface area (Å²) >= 11 is 0. The Hall–Kier alpha value is -2.27. The minimum absolute atomic E-state index is 0.0603. The van der Waals surface area contributed by atoms with E-state index in [1.807, 2.05) is 37.3 Å². The second-order valence-corrected chi connectivity index (χ2v) is 6.77. The zero-order valence-corrected chi connectivity index (χ0v) is 15.3. The third-order valence-electron chi connectivity index (χ3n) is 5.09. The SMILES string of the molecule is COc1ccc(C(CO)N(C)C(=O)c2cc(C)n(C3CC3)c2C)cc1. The maximum Gasteiger partial charge on any atom is 0.256 e. The lowest BCUT2D eigenvalue weighted by Gasteiger charge is -2.27. The Morgan fingerprint density at radius 1 is 1.32 bits per heavy atom. The number of aromatic nitrogens is 1. The van der Waals surface area contributed by atoms with Crippen LogP contribution in [0.2, 0.25) is 0 Å². The largest absolute Gasteiger partial charge is 0.497 e. The van der Waals surface area contributed by atoms with Crippen LogP contribution in [0.1, 0.15) is 52.2 Å². The molecule has 0 spiro atoms. The molecule has 1 aromatic carbocycles. The fourth-order valence-corrected chi connectivity index (χ4v) is 3.50. The Kier molecular flexibility index (Phi) is 4.86. The number of aliphatic hydroxyl groups is 1. The molecule has 0 saturated heterocycles. The Morgan fingerprint density at radius 2 is 1.96 bits per heavy atom. The molecule has 1 N–H and O–H groups in total. The van der Waals surface area contributed by atoms with Crippen LogP contribution in [-0.4, -0.2) is 41.2 Å². The topological polar surface area (TPSA) is 54.7 Å². The predicted molar refractivity (Wildman–Crippen MR) is 97.1 cm³/mol. The van der Waals surface area contributed by atoms with Crippen molar-refractivity contribution in [3.63, 3.8) is 0 Å². The number of hydrogen-bond acceptors (Lipinski definition) is 3. The Balaban J connectivity index is 1.86. The molecule has 1 aliphatic carbocycles. The third-order valence-corrected chi connectivity index (χ3v) is 5.09. The molecule has 2 aromatic rings. The van der Waals surface area contributed by atoms with Crippen LogP contribution in [0.5, 0.6) is 5.75 Å². The molecular weight excluding hydrogens is 316 g/mol. The van der Waals surface area contributed by atoms with Crippen LogP contribution < -0.4 is 4.74 Å². The number of carbonyl (C=O) groups is 1. The van der Waals surface area contributed by atoms with Crippen molar-refractivity contribution < 1.29 is 14.6 Å². The monoisotopic (exact) mass is 342 g/mol. The summed E-state index contributed by atoms with van der Waals surface area (Å²) in [5.74, 6) is 0.692. The zero-order chi connectivity index (χ0) is 18.1. The number of methoxy groups -OCH3 is 1. The first kappa shape index (κ1) is 17.5. The number of ether oxygens (including phenoxy) is 1. The van der Waals surface area contributed by atoms with E-state index >= 15 is 0 Å². The number of benzene rings is 1.